The van der Waals surface area contributed by atoms with Crippen molar-refractivity contribution in [3.63, 3.8) is 0 Å². The number of carbonyl (C=O) groups is 1. The number of hydrogen-bond donors (Lipinski definition) is 0. The van der Waals surface area contributed by atoms with Gasteiger partial charge in [0.15, 0.2) is 0 Å². The quantitative estimate of drug-likeness (QED) is 0.453. The van der Waals surface area contributed by atoms with Crippen LogP contribution in [0.3, 0.4) is 0 Å². The molecule has 0 aliphatic rings. The zero-order valence-electron chi connectivity index (χ0n) is 14.2. The molecule has 0 heterocycles. The Kier molecular flexibility index (Phi) is 8.06. The third-order valence-electron chi connectivity index (χ3n) is 3.41. The third kappa shape index (κ3) is 6.89. The summed E-state index contributed by atoms with van der Waals surface area (Å²) in [6.07, 6.45) is 6.87. The molecule has 0 aromatic heterocycles. The summed E-state index contributed by atoms with van der Waals surface area (Å²) in [6.45, 7) is 0.295. The van der Waals surface area contributed by atoms with Crippen molar-refractivity contribution in [3.8, 4) is 0 Å². The first-order chi connectivity index (χ1) is 12.7. The second kappa shape index (κ2) is 10.8. The lowest BCUT2D eigenvalue weighted by molar-refractivity contribution is 0.0578. The van der Waals surface area contributed by atoms with Gasteiger partial charge >= 0.3 is 6.16 Å². The van der Waals surface area contributed by atoms with Crippen molar-refractivity contribution in [1.82, 2.24) is 0 Å². The second-order valence-electron chi connectivity index (χ2n) is 5.37. The molecular formula is C21H20F2O3. The summed E-state index contributed by atoms with van der Waals surface area (Å²) >= 11 is 0. The molecule has 0 N–H and O–H groups in total. The highest BCUT2D eigenvalue weighted by Crippen LogP contribution is 2.09. The van der Waals surface area contributed by atoms with Gasteiger partial charge in [-0.15, -0.1) is 0 Å². The maximum Gasteiger partial charge on any atom is 0.508 e. The Morgan fingerprint density at radius 1 is 0.769 bits per heavy atom. The molecule has 2 aromatic rings. The predicted molar refractivity (Wildman–Crippen MR) is 97.4 cm³/mol. The third-order valence-corrected chi connectivity index (χ3v) is 3.41. The molecule has 0 unspecified atom stereocenters. The van der Waals surface area contributed by atoms with Crippen LogP contribution >= 0.6 is 0 Å². The van der Waals surface area contributed by atoms with E-state index in [1.54, 1.807) is 60.7 Å². The molecule has 0 amide bonds. The van der Waals surface area contributed by atoms with Crippen LogP contribution in [0.1, 0.15) is 24.0 Å². The lowest BCUT2D eigenvalue weighted by Gasteiger charge is -2.03. The normalized spacial score (nSPS) is 11.2. The van der Waals surface area contributed by atoms with Gasteiger partial charge in [-0.05, 0) is 12.1 Å². The minimum absolute atomic E-state index is 0.148. The van der Waals surface area contributed by atoms with Crippen molar-refractivity contribution in [2.45, 2.75) is 12.8 Å². The van der Waals surface area contributed by atoms with Crippen molar-refractivity contribution >= 4 is 18.3 Å². The average molecular weight is 358 g/mol. The summed E-state index contributed by atoms with van der Waals surface area (Å²) in [5, 5.41) is 0. The van der Waals surface area contributed by atoms with E-state index in [4.69, 9.17) is 9.47 Å². The van der Waals surface area contributed by atoms with Crippen molar-refractivity contribution in [1.29, 1.82) is 0 Å². The summed E-state index contributed by atoms with van der Waals surface area (Å²) < 4.78 is 36.6. The second-order valence-corrected chi connectivity index (χ2v) is 5.37. The first-order valence-electron chi connectivity index (χ1n) is 8.28. The molecule has 0 saturated carbocycles. The molecule has 0 aliphatic carbocycles. The molecule has 0 bridgehead atoms. The van der Waals surface area contributed by atoms with Crippen LogP contribution in [0.25, 0.3) is 12.2 Å². The molecule has 0 atom stereocenters. The topological polar surface area (TPSA) is 35.5 Å². The first kappa shape index (κ1) is 19.4. The van der Waals surface area contributed by atoms with E-state index in [1.807, 2.05) is 0 Å². The average Bonchev–Trinajstić information content (AvgIpc) is 2.64. The highest BCUT2D eigenvalue weighted by atomic mass is 19.1. The predicted octanol–water partition coefficient (Wildman–Crippen LogP) is 5.62. The molecule has 3 nitrogen and oxygen atoms in total. The number of benzene rings is 2. The number of hydrogen-bond acceptors (Lipinski definition) is 3. The minimum atomic E-state index is -0.761. The molecule has 0 radical (unpaired) electrons. The molecule has 0 saturated heterocycles. The van der Waals surface area contributed by atoms with Gasteiger partial charge in [-0.2, -0.15) is 0 Å². The van der Waals surface area contributed by atoms with Gasteiger partial charge in [0.2, 0.25) is 0 Å². The summed E-state index contributed by atoms with van der Waals surface area (Å²) in [4.78, 5) is 11.4. The molecule has 2 aromatic carbocycles. The standard InChI is InChI=1S/C21H20F2O3/c22-19-13-3-1-9-17(19)11-5-7-15-25-21(24)26-16-8-6-12-18-10-2-4-14-20(18)23/h1-6,9-14H,7-8,15-16H2/b11-5+,12-6+. The molecule has 0 spiro atoms. The van der Waals surface area contributed by atoms with Gasteiger partial charge in [0.25, 0.3) is 0 Å². The number of ether oxygens (including phenoxy) is 2. The van der Waals surface area contributed by atoms with Crippen LogP contribution in [0, 0.1) is 11.6 Å². The van der Waals surface area contributed by atoms with E-state index in [0.717, 1.165) is 0 Å². The number of carbonyl (C=O) groups excluding carboxylic acids is 1. The highest BCUT2D eigenvalue weighted by molar-refractivity contribution is 5.60. The Balaban J connectivity index is 1.58. The van der Waals surface area contributed by atoms with Crippen molar-refractivity contribution in [2.24, 2.45) is 0 Å². The minimum Gasteiger partial charge on any atom is -0.434 e. The van der Waals surface area contributed by atoms with E-state index >= 15 is 0 Å². The molecular weight excluding hydrogens is 338 g/mol. The lowest BCUT2D eigenvalue weighted by Crippen LogP contribution is -2.08. The van der Waals surface area contributed by atoms with Gasteiger partial charge in [0.1, 0.15) is 11.6 Å². The molecule has 2 rings (SSSR count). The van der Waals surface area contributed by atoms with Crippen LogP contribution in [0.4, 0.5) is 13.6 Å². The van der Waals surface area contributed by atoms with E-state index in [1.165, 1.54) is 12.1 Å². The van der Waals surface area contributed by atoms with Crippen LogP contribution in [0.2, 0.25) is 0 Å². The van der Waals surface area contributed by atoms with Gasteiger partial charge in [0.05, 0.1) is 13.2 Å². The number of halogens is 2. The van der Waals surface area contributed by atoms with Gasteiger partial charge in [-0.25, -0.2) is 13.6 Å². The van der Waals surface area contributed by atoms with E-state index in [2.05, 4.69) is 0 Å². The monoisotopic (exact) mass is 358 g/mol. The smallest absolute Gasteiger partial charge is 0.434 e. The fourth-order valence-electron chi connectivity index (χ4n) is 2.10. The van der Waals surface area contributed by atoms with Crippen LogP contribution in [-0.2, 0) is 9.47 Å². The Morgan fingerprint density at radius 2 is 1.19 bits per heavy atom. The molecule has 0 fully saturated rings. The molecule has 5 heteroatoms. The van der Waals surface area contributed by atoms with Gasteiger partial charge < -0.3 is 9.47 Å². The number of rotatable bonds is 8. The Bertz CT molecular complexity index is 706. The van der Waals surface area contributed by atoms with Crippen LogP contribution in [-0.4, -0.2) is 19.4 Å². The van der Waals surface area contributed by atoms with E-state index in [9.17, 15) is 13.6 Å². The van der Waals surface area contributed by atoms with Crippen LogP contribution in [0.15, 0.2) is 60.7 Å². The molecule has 136 valence electrons. The fourth-order valence-corrected chi connectivity index (χ4v) is 2.10. The zero-order chi connectivity index (χ0) is 18.6. The van der Waals surface area contributed by atoms with E-state index < -0.39 is 6.16 Å². The Labute approximate surface area is 151 Å². The van der Waals surface area contributed by atoms with Gasteiger partial charge in [0, 0.05) is 24.0 Å². The first-order valence-corrected chi connectivity index (χ1v) is 8.28. The van der Waals surface area contributed by atoms with Crippen LogP contribution < -0.4 is 0 Å². The van der Waals surface area contributed by atoms with Crippen LogP contribution in [0.5, 0.6) is 0 Å². The zero-order valence-corrected chi connectivity index (χ0v) is 14.2. The summed E-state index contributed by atoms with van der Waals surface area (Å²) in [5.41, 5.74) is 0.966. The van der Waals surface area contributed by atoms with E-state index in [0.29, 0.717) is 24.0 Å². The Morgan fingerprint density at radius 3 is 1.62 bits per heavy atom. The highest BCUT2D eigenvalue weighted by Gasteiger charge is 2.02. The van der Waals surface area contributed by atoms with E-state index in [-0.39, 0.29) is 24.8 Å². The molecule has 0 aliphatic heterocycles. The fraction of sp³-hybridized carbons (Fsp3) is 0.190. The van der Waals surface area contributed by atoms with Gasteiger partial charge in [-0.1, -0.05) is 60.7 Å². The summed E-state index contributed by atoms with van der Waals surface area (Å²) in [5.74, 6) is -0.597. The Hall–Kier alpha value is -2.95. The summed E-state index contributed by atoms with van der Waals surface area (Å²) in [6, 6.07) is 12.8. The summed E-state index contributed by atoms with van der Waals surface area (Å²) in [7, 11) is 0. The van der Waals surface area contributed by atoms with Crippen molar-refractivity contribution < 1.29 is 23.0 Å². The SMILES string of the molecule is O=C(OCC/C=C/c1ccccc1F)OCC/C=C/c1ccccc1F. The van der Waals surface area contributed by atoms with Crippen molar-refractivity contribution in [2.75, 3.05) is 13.2 Å². The maximum absolute atomic E-state index is 13.4. The lowest BCUT2D eigenvalue weighted by atomic mass is 10.2. The maximum atomic E-state index is 13.4. The molecule has 26 heavy (non-hydrogen) atoms. The van der Waals surface area contributed by atoms with Gasteiger partial charge in [-0.3, -0.25) is 0 Å². The van der Waals surface area contributed by atoms with Crippen molar-refractivity contribution in [3.05, 3.63) is 83.4 Å². The largest absolute Gasteiger partial charge is 0.508 e.